The number of aromatic nitrogens is 1. The third-order valence-electron chi connectivity index (χ3n) is 18.1. The van der Waals surface area contributed by atoms with Gasteiger partial charge in [0, 0.05) is 97.0 Å². The molecule has 9 rings (SSSR count). The molecule has 2 aromatic carbocycles. The van der Waals surface area contributed by atoms with Gasteiger partial charge in [0.1, 0.15) is 17.3 Å². The molecule has 376 valence electrons. The Morgan fingerprint density at radius 2 is 1.62 bits per heavy atom. The van der Waals surface area contributed by atoms with Crippen LogP contribution in [-0.2, 0) is 36.4 Å². The summed E-state index contributed by atoms with van der Waals surface area (Å²) in [7, 11) is 5.00. The zero-order valence-corrected chi connectivity index (χ0v) is 41.7. The van der Waals surface area contributed by atoms with E-state index in [1.807, 2.05) is 44.0 Å². The Morgan fingerprint density at radius 1 is 0.899 bits per heavy atom. The van der Waals surface area contributed by atoms with Crippen molar-refractivity contribution < 1.29 is 44.3 Å². The quantitative estimate of drug-likeness (QED) is 0.0472. The van der Waals surface area contributed by atoms with Crippen LogP contribution < -0.4 is 15.0 Å². The number of carbonyl (C=O) groups is 3. The number of ether oxygens (including phenoxy) is 2. The van der Waals surface area contributed by atoms with Crippen LogP contribution >= 0.6 is 0 Å². The Bertz CT molecular complexity index is 2440. The molecule has 69 heavy (non-hydrogen) atoms. The van der Waals surface area contributed by atoms with Gasteiger partial charge in [-0.2, -0.15) is 0 Å². The topological polar surface area (TPSA) is 188 Å². The zero-order valence-electron chi connectivity index (χ0n) is 41.7. The maximum Gasteiger partial charge on any atom is 0.322 e. The fourth-order valence-electron chi connectivity index (χ4n) is 15.0. The van der Waals surface area contributed by atoms with E-state index in [0.29, 0.717) is 89.1 Å². The van der Waals surface area contributed by atoms with Gasteiger partial charge in [-0.3, -0.25) is 24.2 Å². The van der Waals surface area contributed by atoms with Crippen molar-refractivity contribution in [2.75, 3.05) is 65.4 Å². The standard InChI is InChI=1S/C55H77N5O9/c1-6-51(66)32-36-33-54(50(65)69-5,45-38(23-28-59(34-36)35-51)37-20-16-17-21-41(37)57-45)40-30-39-42(31-43(40)68-4)58(3)47-53(39)25-29-60-27-19-24-52(7-2,46(53)60)48(63)55(47,67)49(64)56-26-18-14-12-10-8-9-11-13-15-22-44(61)62/h16-17,19-21,24,30-31,36,46-48,57,63,66-67H,6-15,18,22-23,25-29,32-35H2,1-5H3,(H,56,64)(H,61,62)/t36-,46+,47+,48-,51+,52-,53-,54-,55-/m1/s1. The fraction of sp³-hybridized carbons (Fsp3) is 0.655. The van der Waals surface area contributed by atoms with E-state index >= 15 is 9.59 Å². The van der Waals surface area contributed by atoms with Crippen LogP contribution in [-0.4, -0.2) is 143 Å². The largest absolute Gasteiger partial charge is 0.496 e. The highest BCUT2D eigenvalue weighted by atomic mass is 16.5. The number of fused-ring (bicyclic) bond motifs is 6. The summed E-state index contributed by atoms with van der Waals surface area (Å²) in [6.07, 6.45) is 14.7. The van der Waals surface area contributed by atoms with Crippen LogP contribution in [0.4, 0.5) is 5.69 Å². The highest BCUT2D eigenvalue weighted by Gasteiger charge is 2.78. The molecule has 2 saturated heterocycles. The van der Waals surface area contributed by atoms with Crippen LogP contribution in [0.3, 0.4) is 0 Å². The molecule has 6 heterocycles. The summed E-state index contributed by atoms with van der Waals surface area (Å²) in [5.74, 6) is -1.35. The minimum atomic E-state index is -2.23. The SMILES string of the molecule is CC[C@]1(O)C[C@H]2CN(CCc3c([nH]c4ccccc34)[C@](C(=O)OC)(c3cc4c(cc3OC)N(C)[C@@H]3[C@](O)(C(=O)NCCCCCCCCCCCC(=O)O)[C@H](O)[C@]5(CC)C=CCN6CC[C@]43[C@@H]65)C2)C1. The molecular formula is C55H77N5O9. The average Bonchev–Trinajstić information content (AvgIpc) is 4.01. The number of esters is 1. The number of aliphatic hydroxyl groups is 3. The van der Waals surface area contributed by atoms with Crippen LogP contribution in [0.2, 0.25) is 0 Å². The number of carbonyl (C=O) groups excluding carboxylic acids is 2. The van der Waals surface area contributed by atoms with Gasteiger partial charge in [0.05, 0.1) is 25.9 Å². The van der Waals surface area contributed by atoms with Gasteiger partial charge in [-0.1, -0.05) is 89.1 Å². The number of aliphatic hydroxyl groups excluding tert-OH is 1. The average molecular weight is 952 g/mol. The number of rotatable bonds is 18. The predicted octanol–water partition coefficient (Wildman–Crippen LogP) is 6.35. The summed E-state index contributed by atoms with van der Waals surface area (Å²) >= 11 is 0. The molecule has 2 bridgehead atoms. The summed E-state index contributed by atoms with van der Waals surface area (Å²) in [4.78, 5) is 51.9. The Kier molecular flexibility index (Phi) is 13.8. The second-order valence-electron chi connectivity index (χ2n) is 21.7. The number of aromatic amines is 1. The molecule has 6 N–H and O–H groups in total. The molecule has 10 atom stereocenters. The molecule has 1 aromatic heterocycles. The molecule has 3 aromatic rings. The van der Waals surface area contributed by atoms with Crippen LogP contribution in [0.1, 0.15) is 133 Å². The first-order valence-electron chi connectivity index (χ1n) is 26.1. The fourth-order valence-corrected chi connectivity index (χ4v) is 15.0. The summed E-state index contributed by atoms with van der Waals surface area (Å²) in [6.45, 7) is 7.80. The van der Waals surface area contributed by atoms with E-state index < -0.39 is 57.4 Å². The van der Waals surface area contributed by atoms with Gasteiger partial charge >= 0.3 is 11.9 Å². The van der Waals surface area contributed by atoms with Crippen LogP contribution in [0.15, 0.2) is 48.6 Å². The van der Waals surface area contributed by atoms with E-state index in [0.717, 1.165) is 91.2 Å². The lowest BCUT2D eigenvalue weighted by Crippen LogP contribution is -2.81. The highest BCUT2D eigenvalue weighted by molar-refractivity contribution is 5.95. The summed E-state index contributed by atoms with van der Waals surface area (Å²) in [5.41, 5.74) is -1.34. The number of piperidine rings is 1. The van der Waals surface area contributed by atoms with Gasteiger partial charge in [-0.25, -0.2) is 0 Å². The van der Waals surface area contributed by atoms with Crippen molar-refractivity contribution in [3.8, 4) is 5.75 Å². The number of anilines is 1. The molecule has 14 heteroatoms. The van der Waals surface area contributed by atoms with Crippen LogP contribution in [0.25, 0.3) is 10.9 Å². The number of likely N-dealkylation sites (N-methyl/N-ethyl adjacent to an activating group) is 1. The normalized spacial score (nSPS) is 33.4. The number of carboxylic acids is 1. The molecule has 1 spiro atoms. The minimum absolute atomic E-state index is 0.0922. The summed E-state index contributed by atoms with van der Waals surface area (Å²) < 4.78 is 12.4. The number of para-hydroxylation sites is 1. The van der Waals surface area contributed by atoms with E-state index in [1.54, 1.807) is 7.11 Å². The van der Waals surface area contributed by atoms with Crippen molar-refractivity contribution in [2.24, 2.45) is 11.3 Å². The Labute approximate surface area is 407 Å². The number of H-pyrrole nitrogens is 1. The Morgan fingerprint density at radius 3 is 2.32 bits per heavy atom. The first-order chi connectivity index (χ1) is 33.2. The number of hydrogen-bond donors (Lipinski definition) is 6. The number of carboxylic acid groups (broad SMARTS) is 1. The number of hydrogen-bond acceptors (Lipinski definition) is 11. The molecule has 1 unspecified atom stereocenters. The first kappa shape index (κ1) is 49.5. The van der Waals surface area contributed by atoms with Crippen molar-refractivity contribution in [2.45, 2.75) is 157 Å². The van der Waals surface area contributed by atoms with E-state index in [4.69, 9.17) is 14.6 Å². The number of methoxy groups -OCH3 is 2. The lowest BCUT2D eigenvalue weighted by atomic mass is 9.47. The van der Waals surface area contributed by atoms with E-state index in [1.165, 1.54) is 7.11 Å². The molecule has 1 saturated carbocycles. The Hall–Kier alpha value is -4.47. The third-order valence-corrected chi connectivity index (χ3v) is 18.1. The maximum absolute atomic E-state index is 15.5. The van der Waals surface area contributed by atoms with Gasteiger partial charge < -0.3 is 45.1 Å². The van der Waals surface area contributed by atoms with Gasteiger partial charge in [0.15, 0.2) is 5.60 Å². The smallest absolute Gasteiger partial charge is 0.322 e. The van der Waals surface area contributed by atoms with Gasteiger partial charge in [0.25, 0.3) is 5.91 Å². The lowest BCUT2D eigenvalue weighted by Gasteiger charge is -2.63. The van der Waals surface area contributed by atoms with E-state index in [9.17, 15) is 20.1 Å². The van der Waals surface area contributed by atoms with E-state index in [2.05, 4.69) is 50.5 Å². The van der Waals surface area contributed by atoms with Crippen LogP contribution in [0.5, 0.6) is 5.75 Å². The molecule has 1 amide bonds. The van der Waals surface area contributed by atoms with Crippen molar-refractivity contribution in [1.29, 1.82) is 0 Å². The lowest BCUT2D eigenvalue weighted by molar-refractivity contribution is -0.203. The van der Waals surface area contributed by atoms with Gasteiger partial charge in [-0.15, -0.1) is 0 Å². The minimum Gasteiger partial charge on any atom is -0.496 e. The molecule has 1 aliphatic carbocycles. The predicted molar refractivity (Wildman–Crippen MR) is 266 cm³/mol. The number of unbranched alkanes of at least 4 members (excludes halogenated alkanes) is 8. The number of aliphatic carboxylic acids is 1. The monoisotopic (exact) mass is 952 g/mol. The van der Waals surface area contributed by atoms with Gasteiger partial charge in [0.2, 0.25) is 0 Å². The summed E-state index contributed by atoms with van der Waals surface area (Å²) in [6, 6.07) is 11.2. The Balaban J connectivity index is 1.12. The number of benzene rings is 2. The van der Waals surface area contributed by atoms with Crippen molar-refractivity contribution in [1.82, 2.24) is 20.1 Å². The maximum atomic E-state index is 15.5. The molecule has 6 aliphatic rings. The number of nitrogens with zero attached hydrogens (tertiary/aromatic N) is 3. The van der Waals surface area contributed by atoms with Gasteiger partial charge in [-0.05, 0) is 87.1 Å². The highest BCUT2D eigenvalue weighted by Crippen LogP contribution is 2.67. The van der Waals surface area contributed by atoms with Crippen molar-refractivity contribution >= 4 is 34.4 Å². The molecule has 5 aliphatic heterocycles. The first-order valence-corrected chi connectivity index (χ1v) is 26.1. The zero-order chi connectivity index (χ0) is 48.9. The molecule has 14 nitrogen and oxygen atoms in total. The number of nitrogens with one attached hydrogen (secondary N) is 2. The second-order valence-corrected chi connectivity index (χ2v) is 21.7. The summed E-state index contributed by atoms with van der Waals surface area (Å²) in [5, 5.41) is 51.6. The van der Waals surface area contributed by atoms with Crippen molar-refractivity contribution in [3.05, 3.63) is 70.9 Å². The second kappa shape index (κ2) is 19.3. The van der Waals surface area contributed by atoms with Crippen molar-refractivity contribution in [3.63, 3.8) is 0 Å². The van der Waals surface area contributed by atoms with Crippen LogP contribution in [0, 0.1) is 11.3 Å². The molecular weight excluding hydrogens is 875 g/mol. The molecule has 0 radical (unpaired) electrons. The molecule has 3 fully saturated rings. The van der Waals surface area contributed by atoms with E-state index in [-0.39, 0.29) is 18.4 Å². The third kappa shape index (κ3) is 7.90. The number of amides is 1.